The highest BCUT2D eigenvalue weighted by atomic mass is 15.1. The van der Waals surface area contributed by atoms with E-state index in [0.717, 1.165) is 86.2 Å². The molecule has 402 valence electrons. The lowest BCUT2D eigenvalue weighted by atomic mass is 9.72. The second-order valence-corrected chi connectivity index (χ2v) is 21.5. The molecule has 0 spiro atoms. The van der Waals surface area contributed by atoms with Crippen LogP contribution in [0.2, 0.25) is 0 Å². The maximum Gasteiger partial charge on any atom is 0.135 e. The van der Waals surface area contributed by atoms with Crippen molar-refractivity contribution in [2.45, 2.75) is 190 Å². The normalized spacial score (nSPS) is 26.7. The Hall–Kier alpha value is -6.65. The van der Waals surface area contributed by atoms with E-state index in [0.29, 0.717) is 67.1 Å². The zero-order chi connectivity index (χ0) is 55.6. The van der Waals surface area contributed by atoms with Crippen LogP contribution >= 0.6 is 0 Å². The van der Waals surface area contributed by atoms with Gasteiger partial charge in [0.15, 0.2) is 0 Å². The molecule has 0 saturated carbocycles. The molecule has 15 nitrogen and oxygen atoms in total. The monoisotopic (exact) mass is 1030 g/mol. The van der Waals surface area contributed by atoms with Gasteiger partial charge in [0.05, 0.1) is 48.6 Å². The van der Waals surface area contributed by atoms with E-state index in [1.54, 1.807) is 6.34 Å². The smallest absolute Gasteiger partial charge is 0.135 e. The molecule has 15 unspecified atom stereocenters. The molecule has 0 aromatic heterocycles. The van der Waals surface area contributed by atoms with Crippen LogP contribution in [0.1, 0.15) is 190 Å². The van der Waals surface area contributed by atoms with Gasteiger partial charge in [0, 0.05) is 94.3 Å². The van der Waals surface area contributed by atoms with Crippen LogP contribution in [-0.4, -0.2) is 41.2 Å². The Morgan fingerprint density at radius 2 is 0.855 bits per heavy atom. The van der Waals surface area contributed by atoms with Crippen molar-refractivity contribution < 1.29 is 0 Å². The van der Waals surface area contributed by atoms with Crippen molar-refractivity contribution in [3.05, 3.63) is 11.8 Å². The van der Waals surface area contributed by atoms with Gasteiger partial charge in [-0.15, -0.1) is 0 Å². The maximum absolute atomic E-state index is 9.67. The Balaban J connectivity index is 0.000000319. The molecule has 6 heterocycles. The summed E-state index contributed by atoms with van der Waals surface area (Å²) in [6.07, 6.45) is 20.5. The molecule has 0 aromatic carbocycles. The summed E-state index contributed by atoms with van der Waals surface area (Å²) in [5.41, 5.74) is 2.47. The molecule has 0 aliphatic carbocycles. The fourth-order valence-corrected chi connectivity index (χ4v) is 12.2. The average molecular weight is 1030 g/mol. The summed E-state index contributed by atoms with van der Waals surface area (Å²) in [5, 5.41) is 76.0. The first-order valence-corrected chi connectivity index (χ1v) is 28.8. The highest BCUT2D eigenvalue weighted by Gasteiger charge is 2.44. The van der Waals surface area contributed by atoms with Crippen LogP contribution in [0, 0.1) is 179 Å². The van der Waals surface area contributed by atoms with Crippen molar-refractivity contribution in [3.8, 4) is 48.6 Å². The Labute approximate surface area is 455 Å². The van der Waals surface area contributed by atoms with Gasteiger partial charge in [-0.3, -0.25) is 0 Å². The van der Waals surface area contributed by atoms with E-state index in [1.165, 1.54) is 31.4 Å². The average Bonchev–Trinajstić information content (AvgIpc) is 3.45. The molecule has 6 aliphatic heterocycles. The number of amidine groups is 5. The molecule has 0 saturated heterocycles. The van der Waals surface area contributed by atoms with E-state index < -0.39 is 35.5 Å². The molecular weight excluding hydrogens is 943 g/mol. The van der Waals surface area contributed by atoms with Crippen molar-refractivity contribution in [2.75, 3.05) is 0 Å². The first-order valence-electron chi connectivity index (χ1n) is 28.8. The lowest BCUT2D eigenvalue weighted by Crippen LogP contribution is -2.42. The molecule has 0 radical (unpaired) electrons. The lowest BCUT2D eigenvalue weighted by molar-refractivity contribution is 0.335. The van der Waals surface area contributed by atoms with Crippen LogP contribution in [0.5, 0.6) is 0 Å². The van der Waals surface area contributed by atoms with Gasteiger partial charge in [-0.05, 0) is 135 Å². The van der Waals surface area contributed by atoms with E-state index in [1.807, 2.05) is 27.7 Å². The summed E-state index contributed by atoms with van der Waals surface area (Å²) in [7, 11) is 0. The zero-order valence-electron chi connectivity index (χ0n) is 46.9. The summed E-state index contributed by atoms with van der Waals surface area (Å²) >= 11 is 0. The predicted octanol–water partition coefficient (Wildman–Crippen LogP) is 14.2. The Morgan fingerprint density at radius 1 is 0.474 bits per heavy atom. The molecule has 6 rings (SSSR count). The van der Waals surface area contributed by atoms with Crippen LogP contribution in [-0.2, 0) is 0 Å². The summed E-state index contributed by atoms with van der Waals surface area (Å²) < 4.78 is 0. The standard InChI is InChI=1S/C31H43N7.C28H34N8.C2H6/c1-5-18-10-9-11-20-13-22-15-24-16-23-14-21-12-19(6-2)26(8-4)34-28(21)36-30(23)38-31(24)37-29(22)35-27(20)33-17-32-25(18)7-3;1-3-5-22(14-30)7-24(16-32)9-26(18-34)11-28(20-36)12-27(19-35)10-25(17-33)8-23(15-31)6-21(4-2)13-29;1-2/h7,17-24H,5-6,8-16H2,1-4H3;21-28H,3-12H2,1-2H3;1-2H3. The van der Waals surface area contributed by atoms with Crippen molar-refractivity contribution >= 4 is 41.2 Å². The van der Waals surface area contributed by atoms with E-state index in [4.69, 9.17) is 40.2 Å². The van der Waals surface area contributed by atoms with E-state index in [9.17, 15) is 36.8 Å². The van der Waals surface area contributed by atoms with Gasteiger partial charge >= 0.3 is 0 Å². The zero-order valence-corrected chi connectivity index (χ0v) is 46.9. The number of hydrogen-bond donors (Lipinski definition) is 0. The second kappa shape index (κ2) is 32.7. The first-order chi connectivity index (χ1) is 37.0. The van der Waals surface area contributed by atoms with Crippen LogP contribution in [0.15, 0.2) is 46.7 Å². The number of hydrogen-bond acceptors (Lipinski definition) is 15. The van der Waals surface area contributed by atoms with E-state index in [-0.39, 0.29) is 43.9 Å². The van der Waals surface area contributed by atoms with Crippen molar-refractivity contribution in [2.24, 2.45) is 124 Å². The highest BCUT2D eigenvalue weighted by Crippen LogP contribution is 2.43. The molecule has 15 heteroatoms. The second-order valence-electron chi connectivity index (χ2n) is 21.5. The van der Waals surface area contributed by atoms with Crippen LogP contribution in [0.4, 0.5) is 0 Å². The van der Waals surface area contributed by atoms with Gasteiger partial charge in [0.1, 0.15) is 35.5 Å². The van der Waals surface area contributed by atoms with Gasteiger partial charge in [-0.2, -0.15) is 42.1 Å². The molecule has 0 N–H and O–H groups in total. The molecular formula is C61H83N15. The number of nitriles is 8. The molecule has 0 aromatic rings. The number of aliphatic imine (C=N–C) groups is 7. The Morgan fingerprint density at radius 3 is 1.24 bits per heavy atom. The highest BCUT2D eigenvalue weighted by molar-refractivity contribution is 6.15. The Kier molecular flexibility index (Phi) is 26.6. The molecule has 0 bridgehead atoms. The van der Waals surface area contributed by atoms with Crippen molar-refractivity contribution in [3.63, 3.8) is 0 Å². The summed E-state index contributed by atoms with van der Waals surface area (Å²) in [6.45, 7) is 16.7. The van der Waals surface area contributed by atoms with Crippen LogP contribution < -0.4 is 0 Å². The largest absolute Gasteiger partial charge is 0.242 e. The lowest BCUT2D eigenvalue weighted by Gasteiger charge is -2.40. The Bertz CT molecular complexity index is 2540. The van der Waals surface area contributed by atoms with Gasteiger partial charge in [0.25, 0.3) is 0 Å². The molecule has 6 aliphatic rings. The number of fused-ring (bicyclic) bond motifs is 5. The van der Waals surface area contributed by atoms with Gasteiger partial charge in [-0.25, -0.2) is 34.9 Å². The van der Waals surface area contributed by atoms with Gasteiger partial charge in [-0.1, -0.05) is 67.4 Å². The third kappa shape index (κ3) is 17.5. The van der Waals surface area contributed by atoms with E-state index >= 15 is 0 Å². The quantitative estimate of drug-likeness (QED) is 0.113. The summed E-state index contributed by atoms with van der Waals surface area (Å²) in [5.74, 6) is 4.39. The molecule has 15 atom stereocenters. The van der Waals surface area contributed by atoms with Crippen molar-refractivity contribution in [1.29, 1.82) is 42.1 Å². The minimum Gasteiger partial charge on any atom is -0.242 e. The molecule has 0 fully saturated rings. The fourth-order valence-electron chi connectivity index (χ4n) is 12.2. The third-order valence-corrected chi connectivity index (χ3v) is 16.5. The van der Waals surface area contributed by atoms with E-state index in [2.05, 4.69) is 82.3 Å². The third-order valence-electron chi connectivity index (χ3n) is 16.5. The predicted molar refractivity (Wildman–Crippen MR) is 301 cm³/mol. The number of nitrogens with zero attached hydrogens (tertiary/aromatic N) is 15. The number of allylic oxidation sites excluding steroid dienone is 2. The summed E-state index contributed by atoms with van der Waals surface area (Å²) in [6, 6.07) is 17.4. The minimum atomic E-state index is -0.588. The number of rotatable bonds is 20. The van der Waals surface area contributed by atoms with Crippen LogP contribution in [0.25, 0.3) is 0 Å². The van der Waals surface area contributed by atoms with Crippen LogP contribution in [0.3, 0.4) is 0 Å². The molecule has 0 amide bonds. The van der Waals surface area contributed by atoms with Gasteiger partial charge < -0.3 is 0 Å². The SMILES string of the molecule is CC.CC=C1N=CN=C2N=C3N=C4N=C5N=C6N=C(CC)C(CC)CC6CC5CC4CC3CC2CCCC1CC.CCCC(C#N)CC(C#N)CC(C#N)CC(C#N)CC(C#N)CC(C#N)CC(C#N)CC(C#N)CC. The summed E-state index contributed by atoms with van der Waals surface area (Å²) in [4.78, 5) is 34.7. The fraction of sp³-hybridized carbons (Fsp3) is 0.721. The van der Waals surface area contributed by atoms with Crippen molar-refractivity contribution in [1.82, 2.24) is 0 Å². The first kappa shape index (κ1) is 61.9. The minimum absolute atomic E-state index is 0.199. The topological polar surface area (TPSA) is 277 Å². The maximum atomic E-state index is 9.67. The van der Waals surface area contributed by atoms with Gasteiger partial charge in [0.2, 0.25) is 0 Å². The molecule has 76 heavy (non-hydrogen) atoms.